The summed E-state index contributed by atoms with van der Waals surface area (Å²) in [5.41, 5.74) is 3.10. The second kappa shape index (κ2) is 12.9. The number of halogens is 2. The summed E-state index contributed by atoms with van der Waals surface area (Å²) in [5, 5.41) is 0. The number of ether oxygens (including phenoxy) is 2. The summed E-state index contributed by atoms with van der Waals surface area (Å²) >= 11 is 0. The molecule has 0 atom stereocenters. The van der Waals surface area contributed by atoms with Crippen molar-refractivity contribution in [3.05, 3.63) is 108 Å². The molecule has 1 aliphatic rings. The minimum absolute atomic E-state index is 0.0715. The van der Waals surface area contributed by atoms with Crippen molar-refractivity contribution < 1.29 is 27.8 Å². The van der Waals surface area contributed by atoms with Crippen LogP contribution in [0.4, 0.5) is 8.78 Å². The van der Waals surface area contributed by atoms with Gasteiger partial charge in [-0.15, -0.1) is 0 Å². The highest BCUT2D eigenvalue weighted by molar-refractivity contribution is 5.89. The van der Waals surface area contributed by atoms with Crippen LogP contribution >= 0.6 is 0 Å². The van der Waals surface area contributed by atoms with Crippen molar-refractivity contribution in [2.24, 2.45) is 5.92 Å². The van der Waals surface area contributed by atoms with E-state index in [1.165, 1.54) is 30.7 Å². The van der Waals surface area contributed by atoms with E-state index in [-0.39, 0.29) is 22.7 Å². The lowest BCUT2D eigenvalue weighted by atomic mass is 9.77. The van der Waals surface area contributed by atoms with Crippen LogP contribution in [-0.2, 0) is 16.0 Å². The van der Waals surface area contributed by atoms with Gasteiger partial charge in [0.1, 0.15) is 23.1 Å². The van der Waals surface area contributed by atoms with Gasteiger partial charge in [-0.1, -0.05) is 37.4 Å². The van der Waals surface area contributed by atoms with Crippen LogP contribution in [0.25, 0.3) is 11.1 Å². The molecule has 0 heterocycles. The SMILES string of the molecule is C=C(C)C(=O)Oc1ccc(C2CCC(CCc3ccc(-c4ccc(OC(=O)C(=C)C)cc4F)cc3F)CC2)cc1. The van der Waals surface area contributed by atoms with E-state index in [4.69, 9.17) is 9.47 Å². The van der Waals surface area contributed by atoms with Crippen molar-refractivity contribution in [3.8, 4) is 22.6 Å². The van der Waals surface area contributed by atoms with Crippen molar-refractivity contribution in [1.29, 1.82) is 0 Å². The quantitative estimate of drug-likeness (QED) is 0.154. The molecule has 0 saturated heterocycles. The molecule has 0 bridgehead atoms. The zero-order valence-corrected chi connectivity index (χ0v) is 23.0. The third kappa shape index (κ3) is 7.32. The number of carbonyl (C=O) groups is 2. The van der Waals surface area contributed by atoms with Crippen LogP contribution in [0, 0.1) is 17.6 Å². The molecular formula is C34H34F2O4. The molecule has 0 radical (unpaired) electrons. The summed E-state index contributed by atoms with van der Waals surface area (Å²) in [5.74, 6) is -0.432. The molecule has 6 heteroatoms. The van der Waals surface area contributed by atoms with Gasteiger partial charge < -0.3 is 9.47 Å². The third-order valence-corrected chi connectivity index (χ3v) is 7.44. The normalized spacial score (nSPS) is 16.7. The molecule has 1 fully saturated rings. The fourth-order valence-corrected chi connectivity index (χ4v) is 5.05. The lowest BCUT2D eigenvalue weighted by Crippen LogP contribution is -2.14. The molecule has 0 aliphatic heterocycles. The highest BCUT2D eigenvalue weighted by Gasteiger charge is 2.23. The van der Waals surface area contributed by atoms with Crippen molar-refractivity contribution in [2.45, 2.75) is 58.3 Å². The van der Waals surface area contributed by atoms with Crippen molar-refractivity contribution >= 4 is 11.9 Å². The van der Waals surface area contributed by atoms with Gasteiger partial charge in [-0.3, -0.25) is 0 Å². The Morgan fingerprint density at radius 3 is 1.95 bits per heavy atom. The van der Waals surface area contributed by atoms with Gasteiger partial charge in [-0.05, 0) is 111 Å². The highest BCUT2D eigenvalue weighted by Crippen LogP contribution is 2.38. The number of esters is 2. The summed E-state index contributed by atoms with van der Waals surface area (Å²) in [6, 6.07) is 16.6. The molecule has 208 valence electrons. The van der Waals surface area contributed by atoms with Crippen LogP contribution in [0.15, 0.2) is 85.0 Å². The predicted octanol–water partition coefficient (Wildman–Crippen LogP) is 8.50. The molecule has 40 heavy (non-hydrogen) atoms. The molecule has 1 aliphatic carbocycles. The number of carbonyl (C=O) groups excluding carboxylic acids is 2. The van der Waals surface area contributed by atoms with Crippen LogP contribution in [0.1, 0.15) is 63.0 Å². The lowest BCUT2D eigenvalue weighted by Gasteiger charge is -2.29. The van der Waals surface area contributed by atoms with E-state index in [1.54, 1.807) is 19.1 Å². The standard InChI is InChI=1S/C34H34F2O4/c1-21(2)33(37)39-28-15-13-25(14-16-28)24-8-5-23(6-9-24)7-10-26-11-12-27(19-31(26)35)30-18-17-29(20-32(30)36)40-34(38)22(3)4/h11-20,23-24H,1,3,5-10H2,2,4H3. The molecular weight excluding hydrogens is 510 g/mol. The fraction of sp³-hybridized carbons (Fsp3) is 0.294. The lowest BCUT2D eigenvalue weighted by molar-refractivity contribution is -0.130. The summed E-state index contributed by atoms with van der Waals surface area (Å²) in [7, 11) is 0. The fourth-order valence-electron chi connectivity index (χ4n) is 5.05. The van der Waals surface area contributed by atoms with E-state index >= 15 is 0 Å². The minimum Gasteiger partial charge on any atom is -0.423 e. The van der Waals surface area contributed by atoms with E-state index in [1.807, 2.05) is 24.3 Å². The predicted molar refractivity (Wildman–Crippen MR) is 152 cm³/mol. The zero-order chi connectivity index (χ0) is 28.8. The highest BCUT2D eigenvalue weighted by atomic mass is 19.1. The van der Waals surface area contributed by atoms with E-state index in [9.17, 15) is 18.4 Å². The Kier molecular flexibility index (Phi) is 9.30. The summed E-state index contributed by atoms with van der Waals surface area (Å²) in [4.78, 5) is 23.4. The number of hydrogen-bond donors (Lipinski definition) is 0. The van der Waals surface area contributed by atoms with Gasteiger partial charge in [0, 0.05) is 22.8 Å². The first-order valence-electron chi connectivity index (χ1n) is 13.5. The maximum Gasteiger partial charge on any atom is 0.338 e. The number of benzene rings is 3. The average molecular weight is 545 g/mol. The first-order valence-corrected chi connectivity index (χ1v) is 13.5. The van der Waals surface area contributed by atoms with Crippen LogP contribution in [0.2, 0.25) is 0 Å². The van der Waals surface area contributed by atoms with Crippen LogP contribution < -0.4 is 9.47 Å². The molecule has 3 aromatic carbocycles. The van der Waals surface area contributed by atoms with Crippen molar-refractivity contribution in [3.63, 3.8) is 0 Å². The zero-order valence-electron chi connectivity index (χ0n) is 23.0. The molecule has 4 nitrogen and oxygen atoms in total. The Balaban J connectivity index is 1.29. The first kappa shape index (κ1) is 28.9. The Morgan fingerprint density at radius 1 is 0.775 bits per heavy atom. The molecule has 0 aromatic heterocycles. The van der Waals surface area contributed by atoms with Crippen molar-refractivity contribution in [1.82, 2.24) is 0 Å². The third-order valence-electron chi connectivity index (χ3n) is 7.44. The first-order chi connectivity index (χ1) is 19.1. The van der Waals surface area contributed by atoms with E-state index in [0.717, 1.165) is 38.2 Å². The monoisotopic (exact) mass is 544 g/mol. The Labute approximate surface area is 234 Å². The Hall–Kier alpha value is -4.06. The number of rotatable bonds is 9. The van der Waals surface area contributed by atoms with Gasteiger partial charge >= 0.3 is 11.9 Å². The molecule has 0 amide bonds. The van der Waals surface area contributed by atoms with Crippen LogP contribution in [0.5, 0.6) is 11.5 Å². The van der Waals surface area contributed by atoms with Gasteiger partial charge in [-0.2, -0.15) is 0 Å². The van der Waals surface area contributed by atoms with E-state index in [0.29, 0.717) is 40.7 Å². The Morgan fingerprint density at radius 2 is 1.38 bits per heavy atom. The molecule has 3 aromatic rings. The molecule has 0 unspecified atom stereocenters. The van der Waals surface area contributed by atoms with Gasteiger partial charge in [-0.25, -0.2) is 18.4 Å². The summed E-state index contributed by atoms with van der Waals surface area (Å²) < 4.78 is 40.0. The number of aryl methyl sites for hydroxylation is 1. The largest absolute Gasteiger partial charge is 0.423 e. The van der Waals surface area contributed by atoms with Gasteiger partial charge in [0.2, 0.25) is 0 Å². The minimum atomic E-state index is -0.631. The second-order valence-corrected chi connectivity index (χ2v) is 10.6. The summed E-state index contributed by atoms with van der Waals surface area (Å²) in [6.45, 7) is 10.2. The molecule has 0 N–H and O–H groups in total. The second-order valence-electron chi connectivity index (χ2n) is 10.6. The van der Waals surface area contributed by atoms with Gasteiger partial charge in [0.15, 0.2) is 0 Å². The van der Waals surface area contributed by atoms with E-state index < -0.39 is 17.8 Å². The maximum absolute atomic E-state index is 15.0. The molecule has 4 rings (SSSR count). The van der Waals surface area contributed by atoms with Crippen LogP contribution in [0.3, 0.4) is 0 Å². The number of hydrogen-bond acceptors (Lipinski definition) is 4. The maximum atomic E-state index is 15.0. The van der Waals surface area contributed by atoms with Crippen LogP contribution in [-0.4, -0.2) is 11.9 Å². The summed E-state index contributed by atoms with van der Waals surface area (Å²) in [6.07, 6.45) is 5.80. The van der Waals surface area contributed by atoms with Crippen molar-refractivity contribution in [2.75, 3.05) is 0 Å². The van der Waals surface area contributed by atoms with Gasteiger partial charge in [0.05, 0.1) is 0 Å². The Bertz CT molecular complexity index is 1420. The topological polar surface area (TPSA) is 52.6 Å². The molecule has 0 spiro atoms. The smallest absolute Gasteiger partial charge is 0.338 e. The molecule has 1 saturated carbocycles. The average Bonchev–Trinajstić information content (AvgIpc) is 2.93. The van der Waals surface area contributed by atoms with E-state index in [2.05, 4.69) is 13.2 Å². The van der Waals surface area contributed by atoms with Gasteiger partial charge in [0.25, 0.3) is 0 Å².